The first kappa shape index (κ1) is 30.0. The van der Waals surface area contributed by atoms with E-state index in [0.717, 1.165) is 0 Å². The molecule has 0 saturated carbocycles. The zero-order chi connectivity index (χ0) is 30.6. The van der Waals surface area contributed by atoms with Gasteiger partial charge in [-0.3, -0.25) is 4.79 Å². The van der Waals surface area contributed by atoms with Gasteiger partial charge in [-0.15, -0.1) is 0 Å². The van der Waals surface area contributed by atoms with Crippen LogP contribution in [0.1, 0.15) is 91.4 Å². The lowest BCUT2D eigenvalue weighted by atomic mass is 9.81. The van der Waals surface area contributed by atoms with Gasteiger partial charge in [-0.1, -0.05) is 31.1 Å². The molecule has 0 spiro atoms. The Morgan fingerprint density at radius 2 is 1.60 bits per heavy atom. The first-order valence-electron chi connectivity index (χ1n) is 13.4. The second-order valence-corrected chi connectivity index (χ2v) is 11.1. The van der Waals surface area contributed by atoms with Crippen molar-refractivity contribution in [1.29, 1.82) is 0 Å². The number of aromatic nitrogens is 2. The van der Waals surface area contributed by atoms with Crippen molar-refractivity contribution in [3.8, 4) is 0 Å². The summed E-state index contributed by atoms with van der Waals surface area (Å²) in [5.74, 6) is -0.875. The summed E-state index contributed by atoms with van der Waals surface area (Å²) in [5, 5.41) is 3.99. The minimum Gasteiger partial charge on any atom is -0.368 e. The van der Waals surface area contributed by atoms with Crippen molar-refractivity contribution in [3.63, 3.8) is 0 Å². The number of fused-ring (bicyclic) bond motifs is 1. The van der Waals surface area contributed by atoms with Gasteiger partial charge in [0.05, 0.1) is 23.3 Å². The zero-order valence-corrected chi connectivity index (χ0v) is 22.8. The van der Waals surface area contributed by atoms with Crippen LogP contribution in [0.4, 0.5) is 30.7 Å². The Balaban J connectivity index is 1.48. The standard InChI is InChI=1S/C29H28F7N3O3/c1-14(2)26-37-27(42-38-26)18-10-22-25(16-4-6-21(30)7-5-16)23(13-39(22)24(40)11-18)41-15(3)17-8-19(28(31,32)33)12-20(9-17)29(34,35)36/h4-9,12,14-15,18,22-23,25H,10-11,13H2,1-3H3/t15-,18?,22?,23?,25+/m1/s1. The van der Waals surface area contributed by atoms with Crippen LogP contribution in [0.15, 0.2) is 47.0 Å². The summed E-state index contributed by atoms with van der Waals surface area (Å²) in [5.41, 5.74) is -2.58. The first-order chi connectivity index (χ1) is 19.6. The minimum atomic E-state index is -5.01. The number of carbonyl (C=O) groups is 1. The van der Waals surface area contributed by atoms with Crippen molar-refractivity contribution in [1.82, 2.24) is 15.0 Å². The number of carbonyl (C=O) groups excluding carboxylic acids is 1. The summed E-state index contributed by atoms with van der Waals surface area (Å²) in [6.45, 7) is 5.21. The molecule has 0 N–H and O–H groups in total. The van der Waals surface area contributed by atoms with E-state index in [1.807, 2.05) is 13.8 Å². The molecule has 2 aliphatic rings. The molecule has 2 aliphatic heterocycles. The average Bonchev–Trinajstić information content (AvgIpc) is 3.54. The highest BCUT2D eigenvalue weighted by molar-refractivity contribution is 5.79. The molecule has 3 unspecified atom stereocenters. The van der Waals surface area contributed by atoms with Gasteiger partial charge in [0.1, 0.15) is 5.82 Å². The summed E-state index contributed by atoms with van der Waals surface area (Å²) in [4.78, 5) is 19.4. The van der Waals surface area contributed by atoms with Crippen molar-refractivity contribution >= 4 is 5.91 Å². The maximum Gasteiger partial charge on any atom is 0.416 e. The van der Waals surface area contributed by atoms with Gasteiger partial charge in [-0.25, -0.2) is 4.39 Å². The van der Waals surface area contributed by atoms with Gasteiger partial charge in [0, 0.05) is 36.8 Å². The van der Waals surface area contributed by atoms with Crippen molar-refractivity contribution in [2.24, 2.45) is 0 Å². The fourth-order valence-electron chi connectivity index (χ4n) is 5.79. The lowest BCUT2D eigenvalue weighted by Gasteiger charge is -2.35. The van der Waals surface area contributed by atoms with Gasteiger partial charge in [-0.2, -0.15) is 31.3 Å². The number of alkyl halides is 6. The van der Waals surface area contributed by atoms with Crippen LogP contribution >= 0.6 is 0 Å². The largest absolute Gasteiger partial charge is 0.416 e. The first-order valence-corrected chi connectivity index (χ1v) is 13.4. The summed E-state index contributed by atoms with van der Waals surface area (Å²) in [6, 6.07) is 6.43. The van der Waals surface area contributed by atoms with Crippen LogP contribution in [0, 0.1) is 5.82 Å². The third kappa shape index (κ3) is 6.02. The SMILES string of the molecule is CC(C)c1noc(C2CC(=O)N3CC(O[C@H](C)c4cc(C(F)(F)F)cc(C(F)(F)F)c4)[C@@H](c4ccc(F)cc4)C3C2)n1. The number of piperidine rings is 1. The number of nitrogens with zero attached hydrogens (tertiary/aromatic N) is 3. The highest BCUT2D eigenvalue weighted by Gasteiger charge is 2.50. The highest BCUT2D eigenvalue weighted by Crippen LogP contribution is 2.46. The van der Waals surface area contributed by atoms with E-state index in [1.54, 1.807) is 4.90 Å². The van der Waals surface area contributed by atoms with E-state index < -0.39 is 59.4 Å². The topological polar surface area (TPSA) is 68.5 Å². The second kappa shape index (κ2) is 11.0. The molecule has 5 atom stereocenters. The van der Waals surface area contributed by atoms with Crippen molar-refractivity contribution in [3.05, 3.63) is 82.3 Å². The van der Waals surface area contributed by atoms with E-state index >= 15 is 0 Å². The number of ether oxygens (including phenoxy) is 1. The molecule has 2 saturated heterocycles. The van der Waals surface area contributed by atoms with Crippen molar-refractivity contribution < 1.29 is 44.8 Å². The number of rotatable bonds is 6. The fourth-order valence-corrected chi connectivity index (χ4v) is 5.79. The molecule has 0 bridgehead atoms. The maximum atomic E-state index is 13.8. The fraction of sp³-hybridized carbons (Fsp3) is 0.483. The summed E-state index contributed by atoms with van der Waals surface area (Å²) in [6.07, 6.45) is -11.5. The molecule has 1 amide bonds. The van der Waals surface area contributed by atoms with Crippen molar-refractivity contribution in [2.45, 2.75) is 82.0 Å². The molecule has 226 valence electrons. The molecule has 0 aliphatic carbocycles. The lowest BCUT2D eigenvalue weighted by Crippen LogP contribution is -2.43. The van der Waals surface area contributed by atoms with Crippen molar-refractivity contribution in [2.75, 3.05) is 6.54 Å². The summed E-state index contributed by atoms with van der Waals surface area (Å²) >= 11 is 0. The average molecular weight is 600 g/mol. The van der Waals surface area contributed by atoms with Crippen LogP contribution in [-0.4, -0.2) is 39.6 Å². The normalized spacial score (nSPS) is 23.9. The molecule has 3 aromatic rings. The van der Waals surface area contributed by atoms with E-state index in [4.69, 9.17) is 9.26 Å². The van der Waals surface area contributed by atoms with E-state index in [9.17, 15) is 35.5 Å². The molecule has 6 nitrogen and oxygen atoms in total. The monoisotopic (exact) mass is 599 g/mol. The Bertz CT molecular complexity index is 1400. The second-order valence-electron chi connectivity index (χ2n) is 11.1. The van der Waals surface area contributed by atoms with Crippen LogP contribution in [-0.2, 0) is 21.9 Å². The third-order valence-electron chi connectivity index (χ3n) is 7.90. The van der Waals surface area contributed by atoms with Crippen LogP contribution in [0.5, 0.6) is 0 Å². The van der Waals surface area contributed by atoms with Gasteiger partial charge in [-0.05, 0) is 54.8 Å². The number of benzene rings is 2. The number of halogens is 7. The number of hydrogen-bond donors (Lipinski definition) is 0. The minimum absolute atomic E-state index is 0.00436. The van der Waals surface area contributed by atoms with E-state index in [1.165, 1.54) is 31.2 Å². The van der Waals surface area contributed by atoms with Gasteiger partial charge < -0.3 is 14.2 Å². The summed E-state index contributed by atoms with van der Waals surface area (Å²) in [7, 11) is 0. The highest BCUT2D eigenvalue weighted by atomic mass is 19.4. The van der Waals surface area contributed by atoms with Gasteiger partial charge in [0.25, 0.3) is 0 Å². The Morgan fingerprint density at radius 3 is 2.14 bits per heavy atom. The van der Waals surface area contributed by atoms with Crippen LogP contribution in [0.2, 0.25) is 0 Å². The lowest BCUT2D eigenvalue weighted by molar-refractivity contribution is -0.143. The van der Waals surface area contributed by atoms with Crippen LogP contribution in [0.25, 0.3) is 0 Å². The van der Waals surface area contributed by atoms with E-state index in [2.05, 4.69) is 10.1 Å². The van der Waals surface area contributed by atoms with Gasteiger partial charge >= 0.3 is 12.4 Å². The molecule has 13 heteroatoms. The maximum absolute atomic E-state index is 13.8. The van der Waals surface area contributed by atoms with Gasteiger partial charge in [0.2, 0.25) is 11.8 Å². The predicted octanol–water partition coefficient (Wildman–Crippen LogP) is 7.39. The van der Waals surface area contributed by atoms with Crippen LogP contribution < -0.4 is 0 Å². The van der Waals surface area contributed by atoms with Gasteiger partial charge in [0.15, 0.2) is 5.82 Å². The Labute approximate surface area is 236 Å². The van der Waals surface area contributed by atoms with E-state index in [-0.39, 0.29) is 36.4 Å². The Morgan fingerprint density at radius 1 is 0.976 bits per heavy atom. The quantitative estimate of drug-likeness (QED) is 0.277. The molecule has 0 radical (unpaired) electrons. The molecule has 3 heterocycles. The van der Waals surface area contributed by atoms with Crippen LogP contribution in [0.3, 0.4) is 0 Å². The number of amides is 1. The molecular weight excluding hydrogens is 571 g/mol. The smallest absolute Gasteiger partial charge is 0.368 e. The third-order valence-corrected chi connectivity index (χ3v) is 7.90. The number of hydrogen-bond acceptors (Lipinski definition) is 5. The molecule has 5 rings (SSSR count). The Kier molecular flexibility index (Phi) is 7.84. The molecule has 2 aromatic carbocycles. The summed E-state index contributed by atoms with van der Waals surface area (Å²) < 4.78 is 106. The molecular formula is C29H28F7N3O3. The molecule has 2 fully saturated rings. The predicted molar refractivity (Wildman–Crippen MR) is 135 cm³/mol. The molecule has 42 heavy (non-hydrogen) atoms. The zero-order valence-electron chi connectivity index (χ0n) is 22.8. The van der Waals surface area contributed by atoms with E-state index in [0.29, 0.717) is 35.8 Å². The molecule has 1 aromatic heterocycles. The Hall–Kier alpha value is -3.48.